The van der Waals surface area contributed by atoms with Crippen molar-refractivity contribution in [3.05, 3.63) is 59.2 Å². The van der Waals surface area contributed by atoms with E-state index in [0.717, 1.165) is 11.1 Å². The molecule has 0 atom stereocenters. The minimum absolute atomic E-state index is 0.481. The van der Waals surface area contributed by atoms with E-state index in [1.54, 1.807) is 24.5 Å². The molecular formula is C14H12N4. The van der Waals surface area contributed by atoms with Crippen LogP contribution in [-0.2, 0) is 0 Å². The van der Waals surface area contributed by atoms with Crippen LogP contribution in [0, 0.1) is 36.5 Å². The number of hydrogen-bond donors (Lipinski definition) is 0. The first-order chi connectivity index (χ1) is 8.65. The van der Waals surface area contributed by atoms with Gasteiger partial charge in [0.2, 0.25) is 0 Å². The lowest BCUT2D eigenvalue weighted by Gasteiger charge is -1.87. The minimum Gasteiger partial charge on any atom is -0.246 e. The van der Waals surface area contributed by atoms with Crippen molar-refractivity contribution in [3.63, 3.8) is 0 Å². The van der Waals surface area contributed by atoms with Gasteiger partial charge in [0.25, 0.3) is 0 Å². The summed E-state index contributed by atoms with van der Waals surface area (Å²) in [7, 11) is 0. The van der Waals surface area contributed by atoms with Gasteiger partial charge in [-0.2, -0.15) is 10.5 Å². The summed E-state index contributed by atoms with van der Waals surface area (Å²) in [6, 6.07) is 11.1. The van der Waals surface area contributed by atoms with E-state index in [4.69, 9.17) is 10.5 Å². The van der Waals surface area contributed by atoms with E-state index < -0.39 is 0 Å². The molecule has 0 fully saturated rings. The van der Waals surface area contributed by atoms with Crippen LogP contribution >= 0.6 is 0 Å². The second kappa shape index (κ2) is 6.78. The molecule has 2 aromatic rings. The fraction of sp³-hybridized carbons (Fsp3) is 0.143. The molecule has 0 radical (unpaired) electrons. The number of nitriles is 2. The zero-order valence-corrected chi connectivity index (χ0v) is 10.3. The standard InChI is InChI=1S/2C7H6N2/c2*1-6-2-3-9-7(4-6)5-8/h2*2-4H,1H3. The summed E-state index contributed by atoms with van der Waals surface area (Å²) in [5.41, 5.74) is 3.10. The molecule has 0 aromatic carbocycles. The molecule has 0 amide bonds. The predicted octanol–water partition coefficient (Wildman–Crippen LogP) is 2.52. The SMILES string of the molecule is Cc1ccnc(C#N)c1.Cc1ccnc(C#N)c1. The molecule has 2 aromatic heterocycles. The Labute approximate surface area is 106 Å². The Morgan fingerprint density at radius 2 is 1.22 bits per heavy atom. The molecule has 0 spiro atoms. The summed E-state index contributed by atoms with van der Waals surface area (Å²) in [6.45, 7) is 3.87. The topological polar surface area (TPSA) is 73.4 Å². The molecule has 88 valence electrons. The van der Waals surface area contributed by atoms with Crippen LogP contribution in [0.1, 0.15) is 22.5 Å². The van der Waals surface area contributed by atoms with Crippen LogP contribution in [0.15, 0.2) is 36.7 Å². The van der Waals surface area contributed by atoms with Crippen molar-refractivity contribution < 1.29 is 0 Å². The van der Waals surface area contributed by atoms with E-state index in [9.17, 15) is 0 Å². The average molecular weight is 236 g/mol. The molecule has 0 bridgehead atoms. The summed E-state index contributed by atoms with van der Waals surface area (Å²) >= 11 is 0. The molecule has 0 aliphatic rings. The van der Waals surface area contributed by atoms with Crippen LogP contribution in [0.3, 0.4) is 0 Å². The summed E-state index contributed by atoms with van der Waals surface area (Å²) in [6.07, 6.45) is 3.27. The molecule has 0 saturated heterocycles. The monoisotopic (exact) mass is 236 g/mol. The van der Waals surface area contributed by atoms with Crippen molar-refractivity contribution >= 4 is 0 Å². The highest BCUT2D eigenvalue weighted by atomic mass is 14.7. The van der Waals surface area contributed by atoms with Gasteiger partial charge in [-0.15, -0.1) is 0 Å². The van der Waals surface area contributed by atoms with Gasteiger partial charge in [0.1, 0.15) is 23.5 Å². The molecule has 0 saturated carbocycles. The van der Waals surface area contributed by atoms with Crippen molar-refractivity contribution in [1.82, 2.24) is 9.97 Å². The Morgan fingerprint density at radius 3 is 1.44 bits per heavy atom. The maximum Gasteiger partial charge on any atom is 0.140 e. The van der Waals surface area contributed by atoms with Gasteiger partial charge >= 0.3 is 0 Å². The van der Waals surface area contributed by atoms with Crippen molar-refractivity contribution in [2.45, 2.75) is 13.8 Å². The van der Waals surface area contributed by atoms with Gasteiger partial charge in [0.15, 0.2) is 0 Å². The third kappa shape index (κ3) is 4.42. The van der Waals surface area contributed by atoms with Crippen molar-refractivity contribution in [2.75, 3.05) is 0 Å². The fourth-order valence-corrected chi connectivity index (χ4v) is 1.19. The van der Waals surface area contributed by atoms with Gasteiger partial charge in [-0.3, -0.25) is 0 Å². The van der Waals surface area contributed by atoms with Gasteiger partial charge in [-0.05, 0) is 49.2 Å². The summed E-state index contributed by atoms with van der Waals surface area (Å²) in [5.74, 6) is 0. The molecule has 2 heterocycles. The van der Waals surface area contributed by atoms with Crippen LogP contribution in [0.2, 0.25) is 0 Å². The van der Waals surface area contributed by atoms with Gasteiger partial charge in [0.05, 0.1) is 0 Å². The molecule has 0 aliphatic heterocycles. The van der Waals surface area contributed by atoms with Crippen LogP contribution < -0.4 is 0 Å². The quantitative estimate of drug-likeness (QED) is 0.704. The lowest BCUT2D eigenvalue weighted by molar-refractivity contribution is 1.23. The molecule has 4 heteroatoms. The van der Waals surface area contributed by atoms with Gasteiger partial charge in [-0.1, -0.05) is 0 Å². The normalized spacial score (nSPS) is 8.44. The minimum atomic E-state index is 0.481. The maximum atomic E-state index is 8.35. The molecule has 0 unspecified atom stereocenters. The van der Waals surface area contributed by atoms with Crippen LogP contribution in [0.4, 0.5) is 0 Å². The summed E-state index contributed by atoms with van der Waals surface area (Å²) in [4.78, 5) is 7.59. The van der Waals surface area contributed by atoms with Gasteiger partial charge < -0.3 is 0 Å². The number of hydrogen-bond acceptors (Lipinski definition) is 4. The number of nitrogens with zero attached hydrogens (tertiary/aromatic N) is 4. The van der Waals surface area contributed by atoms with E-state index in [0.29, 0.717) is 11.4 Å². The largest absolute Gasteiger partial charge is 0.246 e. The van der Waals surface area contributed by atoms with Gasteiger partial charge in [-0.25, -0.2) is 9.97 Å². The highest BCUT2D eigenvalue weighted by Gasteiger charge is 1.88. The Morgan fingerprint density at radius 1 is 0.833 bits per heavy atom. The Hall–Kier alpha value is -2.72. The van der Waals surface area contributed by atoms with Crippen molar-refractivity contribution in [1.29, 1.82) is 10.5 Å². The Kier molecular flexibility index (Phi) is 5.02. The third-order valence-electron chi connectivity index (χ3n) is 2.06. The lowest BCUT2D eigenvalue weighted by Crippen LogP contribution is -1.80. The van der Waals surface area contributed by atoms with E-state index in [1.807, 2.05) is 38.1 Å². The first-order valence-electron chi connectivity index (χ1n) is 5.31. The first-order valence-corrected chi connectivity index (χ1v) is 5.31. The smallest absolute Gasteiger partial charge is 0.140 e. The zero-order valence-electron chi connectivity index (χ0n) is 10.3. The number of rotatable bonds is 0. The maximum absolute atomic E-state index is 8.35. The van der Waals surface area contributed by atoms with Crippen LogP contribution in [-0.4, -0.2) is 9.97 Å². The van der Waals surface area contributed by atoms with Crippen LogP contribution in [0.25, 0.3) is 0 Å². The predicted molar refractivity (Wildman–Crippen MR) is 67.4 cm³/mol. The average Bonchev–Trinajstić information content (AvgIpc) is 2.39. The highest BCUT2D eigenvalue weighted by Crippen LogP contribution is 1.97. The first kappa shape index (κ1) is 13.3. The van der Waals surface area contributed by atoms with Gasteiger partial charge in [0, 0.05) is 12.4 Å². The number of pyridine rings is 2. The van der Waals surface area contributed by atoms with E-state index in [2.05, 4.69) is 9.97 Å². The number of aryl methyl sites for hydroxylation is 2. The second-order valence-corrected chi connectivity index (χ2v) is 3.66. The van der Waals surface area contributed by atoms with Crippen LogP contribution in [0.5, 0.6) is 0 Å². The number of aromatic nitrogens is 2. The molecule has 2 rings (SSSR count). The van der Waals surface area contributed by atoms with E-state index in [1.165, 1.54) is 0 Å². The molecule has 0 aliphatic carbocycles. The molecular weight excluding hydrogens is 224 g/mol. The second-order valence-electron chi connectivity index (χ2n) is 3.66. The third-order valence-corrected chi connectivity index (χ3v) is 2.06. The Balaban J connectivity index is 0.000000180. The van der Waals surface area contributed by atoms with Crippen molar-refractivity contribution in [2.24, 2.45) is 0 Å². The highest BCUT2D eigenvalue weighted by molar-refractivity contribution is 5.24. The molecule has 0 N–H and O–H groups in total. The van der Waals surface area contributed by atoms with Crippen molar-refractivity contribution in [3.8, 4) is 12.1 Å². The summed E-state index contributed by atoms with van der Waals surface area (Å²) in [5, 5.41) is 16.7. The Bertz CT molecular complexity index is 550. The van der Waals surface area contributed by atoms with E-state index >= 15 is 0 Å². The fourth-order valence-electron chi connectivity index (χ4n) is 1.19. The summed E-state index contributed by atoms with van der Waals surface area (Å²) < 4.78 is 0. The zero-order chi connectivity index (χ0) is 13.4. The van der Waals surface area contributed by atoms with E-state index in [-0.39, 0.29) is 0 Å². The molecule has 18 heavy (non-hydrogen) atoms. The molecule has 4 nitrogen and oxygen atoms in total. The lowest BCUT2D eigenvalue weighted by atomic mass is 10.2.